The summed E-state index contributed by atoms with van der Waals surface area (Å²) in [4.78, 5) is 43.8. The third kappa shape index (κ3) is 4.31. The van der Waals surface area contributed by atoms with Crippen molar-refractivity contribution in [3.8, 4) is 11.5 Å². The van der Waals surface area contributed by atoms with Gasteiger partial charge in [-0.1, -0.05) is 12.1 Å². The van der Waals surface area contributed by atoms with Crippen LogP contribution >= 0.6 is 0 Å². The summed E-state index contributed by atoms with van der Waals surface area (Å²) < 4.78 is 6.16. The number of aliphatic hydroxyl groups excluding tert-OH is 3. The molecule has 12 nitrogen and oxygen atoms in total. The van der Waals surface area contributed by atoms with Crippen molar-refractivity contribution in [2.24, 2.45) is 17.6 Å². The van der Waals surface area contributed by atoms with E-state index in [0.29, 0.717) is 35.1 Å². The second-order valence-electron chi connectivity index (χ2n) is 12.4. The van der Waals surface area contributed by atoms with E-state index in [4.69, 9.17) is 10.5 Å². The molecule has 4 atom stereocenters. The smallest absolute Gasteiger partial charge is 0.255 e. The molecule has 0 saturated carbocycles. The number of rotatable bonds is 8. The minimum atomic E-state index is -2.71. The Morgan fingerprint density at radius 2 is 1.89 bits per heavy atom. The number of nitrogens with zero attached hydrogens (tertiary/aromatic N) is 2. The van der Waals surface area contributed by atoms with Crippen LogP contribution in [-0.2, 0) is 22.6 Å². The fourth-order valence-electron chi connectivity index (χ4n) is 7.43. The Labute approximate surface area is 253 Å². The summed E-state index contributed by atoms with van der Waals surface area (Å²) in [7, 11) is 3.17. The van der Waals surface area contributed by atoms with Crippen LogP contribution in [0.25, 0.3) is 10.8 Å². The van der Waals surface area contributed by atoms with Gasteiger partial charge in [-0.3, -0.25) is 24.2 Å². The molecule has 0 bridgehead atoms. The Morgan fingerprint density at radius 3 is 2.50 bits per heavy atom. The van der Waals surface area contributed by atoms with Gasteiger partial charge in [0.2, 0.25) is 5.78 Å². The van der Waals surface area contributed by atoms with Crippen molar-refractivity contribution in [1.29, 1.82) is 0 Å². The molecule has 1 aliphatic heterocycles. The van der Waals surface area contributed by atoms with Gasteiger partial charge in [0.05, 0.1) is 18.2 Å². The fraction of sp³-hybridized carbons (Fsp3) is 0.469. The van der Waals surface area contributed by atoms with Crippen molar-refractivity contribution in [3.63, 3.8) is 0 Å². The Kier molecular flexibility index (Phi) is 7.44. The molecule has 1 amide bonds. The summed E-state index contributed by atoms with van der Waals surface area (Å²) in [5.41, 5.74) is 2.89. The Balaban J connectivity index is 1.54. The van der Waals surface area contributed by atoms with Crippen LogP contribution in [0, 0.1) is 11.8 Å². The second-order valence-corrected chi connectivity index (χ2v) is 12.4. The number of likely N-dealkylation sites (tertiary alicyclic amines) is 1. The van der Waals surface area contributed by atoms with Gasteiger partial charge in [0.15, 0.2) is 11.4 Å². The molecule has 12 heteroatoms. The summed E-state index contributed by atoms with van der Waals surface area (Å²) in [6.07, 6.45) is 1.55. The van der Waals surface area contributed by atoms with E-state index in [0.717, 1.165) is 25.1 Å². The van der Waals surface area contributed by atoms with E-state index in [9.17, 15) is 39.9 Å². The molecule has 3 aliphatic carbocycles. The number of fused-ring (bicyclic) bond motifs is 4. The van der Waals surface area contributed by atoms with Crippen LogP contribution in [0.15, 0.2) is 40.9 Å². The number of primary amides is 1. The highest BCUT2D eigenvalue weighted by Gasteiger charge is 2.63. The molecule has 2 aromatic carbocycles. The van der Waals surface area contributed by atoms with E-state index in [1.807, 2.05) is 12.1 Å². The molecule has 1 fully saturated rings. The highest BCUT2D eigenvalue weighted by atomic mass is 16.5. The van der Waals surface area contributed by atoms with Crippen molar-refractivity contribution in [1.82, 2.24) is 9.80 Å². The van der Waals surface area contributed by atoms with Gasteiger partial charge >= 0.3 is 0 Å². The van der Waals surface area contributed by atoms with Gasteiger partial charge in [-0.2, -0.15) is 0 Å². The number of ether oxygens (including phenoxy) is 1. The summed E-state index contributed by atoms with van der Waals surface area (Å²) in [5, 5.41) is 56.4. The molecule has 6 rings (SSSR count). The quantitative estimate of drug-likeness (QED) is 0.187. The van der Waals surface area contributed by atoms with Gasteiger partial charge < -0.3 is 36.0 Å². The predicted octanol–water partition coefficient (Wildman–Crippen LogP) is 1.24. The van der Waals surface area contributed by atoms with Crippen LogP contribution in [0.3, 0.4) is 0 Å². The van der Waals surface area contributed by atoms with E-state index in [1.165, 1.54) is 4.90 Å². The van der Waals surface area contributed by atoms with Gasteiger partial charge in [-0.15, -0.1) is 0 Å². The predicted molar refractivity (Wildman–Crippen MR) is 158 cm³/mol. The summed E-state index contributed by atoms with van der Waals surface area (Å²) in [5.74, 6) is -6.61. The van der Waals surface area contributed by atoms with E-state index in [2.05, 4.69) is 4.90 Å². The van der Waals surface area contributed by atoms with Gasteiger partial charge in [0, 0.05) is 47.4 Å². The summed E-state index contributed by atoms with van der Waals surface area (Å²) in [6, 6.07) is 4.53. The Bertz CT molecular complexity index is 1660. The Hall–Kier alpha value is -3.97. The monoisotopic (exact) mass is 607 g/mol. The Morgan fingerprint density at radius 1 is 1.16 bits per heavy atom. The molecule has 1 saturated heterocycles. The zero-order valence-corrected chi connectivity index (χ0v) is 24.7. The first-order valence-electron chi connectivity index (χ1n) is 14.8. The molecule has 0 spiro atoms. The molecule has 4 aliphatic rings. The van der Waals surface area contributed by atoms with Crippen LogP contribution in [0.2, 0.25) is 0 Å². The van der Waals surface area contributed by atoms with Crippen molar-refractivity contribution in [2.75, 3.05) is 40.4 Å². The van der Waals surface area contributed by atoms with E-state index < -0.39 is 58.0 Å². The number of allylic oxidation sites excluding steroid dienone is 1. The van der Waals surface area contributed by atoms with E-state index in [1.54, 1.807) is 20.2 Å². The number of likely N-dealkylation sites (N-methyl/N-ethyl adjacent to an activating group) is 1. The SMILES string of the molecule is CN(C)[C@@H]1C(O)=C(C(N)=O)C(=O)[C@@]2(O)C(O)=C3C(=O)c4c(c(OCCCO)c5ccc(CN6CCC6)cc5c4O)C[C@H]3C[C@@H]12. The molecule has 2 aromatic rings. The van der Waals surface area contributed by atoms with Crippen LogP contribution in [0.5, 0.6) is 11.5 Å². The number of benzene rings is 2. The van der Waals surface area contributed by atoms with Crippen LogP contribution in [0.4, 0.5) is 0 Å². The number of Topliss-reactive ketones (excluding diaryl/α,β-unsaturated/α-hetero) is 2. The number of hydrogen-bond donors (Lipinski definition) is 6. The fourth-order valence-corrected chi connectivity index (χ4v) is 7.43. The lowest BCUT2D eigenvalue weighted by Crippen LogP contribution is -2.63. The highest BCUT2D eigenvalue weighted by molar-refractivity contribution is 6.25. The zero-order valence-electron chi connectivity index (χ0n) is 24.7. The number of carbonyl (C=O) groups is 3. The maximum atomic E-state index is 14.3. The molecule has 0 radical (unpaired) electrons. The average Bonchev–Trinajstić information content (AvgIpc) is 2.94. The van der Waals surface area contributed by atoms with E-state index in [-0.39, 0.29) is 42.9 Å². The number of nitrogens with two attached hydrogens (primary N) is 1. The lowest BCUT2D eigenvalue weighted by atomic mass is 9.58. The number of hydrogen-bond acceptors (Lipinski definition) is 11. The normalized spacial score (nSPS) is 26.9. The lowest BCUT2D eigenvalue weighted by Gasteiger charge is -2.50. The highest BCUT2D eigenvalue weighted by Crippen LogP contribution is 2.54. The van der Waals surface area contributed by atoms with Crippen LogP contribution in [-0.4, -0.2) is 105 Å². The number of phenols is 1. The molecule has 1 heterocycles. The first-order chi connectivity index (χ1) is 20.9. The second kappa shape index (κ2) is 10.9. The van der Waals surface area contributed by atoms with Gasteiger partial charge in [0.25, 0.3) is 5.91 Å². The molecule has 7 N–H and O–H groups in total. The third-order valence-electron chi connectivity index (χ3n) is 9.62. The lowest BCUT2D eigenvalue weighted by molar-refractivity contribution is -0.148. The minimum Gasteiger partial charge on any atom is -0.510 e. The molecule has 234 valence electrons. The number of amides is 1. The average molecular weight is 608 g/mol. The maximum absolute atomic E-state index is 14.3. The number of aliphatic hydroxyl groups is 4. The summed E-state index contributed by atoms with van der Waals surface area (Å²) >= 11 is 0. The van der Waals surface area contributed by atoms with Crippen molar-refractivity contribution in [3.05, 3.63) is 57.6 Å². The maximum Gasteiger partial charge on any atom is 0.255 e. The van der Waals surface area contributed by atoms with Crippen molar-refractivity contribution in [2.45, 2.75) is 43.9 Å². The first-order valence-corrected chi connectivity index (χ1v) is 14.8. The van der Waals surface area contributed by atoms with E-state index >= 15 is 0 Å². The molecule has 0 unspecified atom stereocenters. The molecule has 0 aromatic heterocycles. The third-order valence-corrected chi connectivity index (χ3v) is 9.62. The number of aromatic hydroxyl groups is 1. The minimum absolute atomic E-state index is 0.0184. The molecular formula is C32H37N3O9. The van der Waals surface area contributed by atoms with Gasteiger partial charge in [-0.05, 0) is 64.0 Å². The summed E-state index contributed by atoms with van der Waals surface area (Å²) in [6.45, 7) is 2.66. The number of phenolic OH excluding ortho intramolecular Hbond substituents is 1. The molecular weight excluding hydrogens is 570 g/mol. The van der Waals surface area contributed by atoms with Crippen molar-refractivity contribution < 1.29 is 44.7 Å². The zero-order chi connectivity index (χ0) is 31.7. The van der Waals surface area contributed by atoms with Gasteiger partial charge in [-0.25, -0.2) is 0 Å². The largest absolute Gasteiger partial charge is 0.510 e. The van der Waals surface area contributed by atoms with Crippen LogP contribution in [0.1, 0.15) is 40.7 Å². The van der Waals surface area contributed by atoms with Gasteiger partial charge in [0.1, 0.15) is 28.6 Å². The standard InChI is InChI=1S/C32H37N3O9/c1-34(2)24-20-13-16-12-19-22(26(38)21(16)29(40)32(20,43)30(41)23(27(24)39)31(33)42)25(37)18-11-15(14-35-7-3-8-35)5-6-17(18)28(19)44-10-4-9-36/h5-6,11,16,20,24,36-37,39-40,43H,3-4,7-10,12-14H2,1-2H3,(H2,33,42)/t16-,20-,24-,32-/m0/s1. The van der Waals surface area contributed by atoms with Crippen molar-refractivity contribution >= 4 is 28.2 Å². The number of carbonyl (C=O) groups excluding carboxylic acids is 3. The topological polar surface area (TPSA) is 194 Å². The number of ketones is 2. The van der Waals surface area contributed by atoms with Crippen LogP contribution < -0.4 is 10.5 Å². The first kappa shape index (κ1) is 30.1. The molecule has 44 heavy (non-hydrogen) atoms.